The summed E-state index contributed by atoms with van der Waals surface area (Å²) in [5.74, 6) is -0.966. The maximum absolute atomic E-state index is 12.6. The Hall–Kier alpha value is -1.85. The van der Waals surface area contributed by atoms with Gasteiger partial charge in [-0.05, 0) is 37.9 Å². The van der Waals surface area contributed by atoms with E-state index in [4.69, 9.17) is 4.74 Å². The highest BCUT2D eigenvalue weighted by Gasteiger charge is 2.53. The molecule has 2 aliphatic rings. The van der Waals surface area contributed by atoms with Crippen molar-refractivity contribution in [3.8, 4) is 5.75 Å². The summed E-state index contributed by atoms with van der Waals surface area (Å²) in [6.45, 7) is 3.40. The van der Waals surface area contributed by atoms with Gasteiger partial charge in [-0.2, -0.15) is 0 Å². The Kier molecular flexibility index (Phi) is 5.85. The molecule has 7 nitrogen and oxygen atoms in total. The van der Waals surface area contributed by atoms with Crippen molar-refractivity contribution in [3.63, 3.8) is 0 Å². The Balaban J connectivity index is 1.58. The van der Waals surface area contributed by atoms with Crippen molar-refractivity contribution >= 4 is 15.7 Å². The molecule has 0 N–H and O–H groups in total. The van der Waals surface area contributed by atoms with Gasteiger partial charge in [0.1, 0.15) is 11.4 Å². The highest BCUT2D eigenvalue weighted by atomic mass is 32.2. The number of sulfone groups is 1. The van der Waals surface area contributed by atoms with E-state index < -0.39 is 38.7 Å². The van der Waals surface area contributed by atoms with Gasteiger partial charge in [0.05, 0.1) is 30.7 Å². The molecule has 1 aromatic carbocycles. The lowest BCUT2D eigenvalue weighted by atomic mass is 9.94. The first-order valence-electron chi connectivity index (χ1n) is 9.12. The zero-order valence-corrected chi connectivity index (χ0v) is 16.9. The molecule has 2 heterocycles. The molecule has 29 heavy (non-hydrogen) atoms. The molecule has 1 aromatic rings. The summed E-state index contributed by atoms with van der Waals surface area (Å²) < 4.78 is 71.5. The van der Waals surface area contributed by atoms with E-state index in [2.05, 4.69) is 4.74 Å². The second kappa shape index (κ2) is 7.77. The third kappa shape index (κ3) is 5.01. The van der Waals surface area contributed by atoms with E-state index in [1.54, 1.807) is 0 Å². The summed E-state index contributed by atoms with van der Waals surface area (Å²) in [5.41, 5.74) is -0.717. The van der Waals surface area contributed by atoms with Crippen LogP contribution in [0, 0.1) is 0 Å². The molecule has 3 rings (SSSR count). The molecule has 0 aliphatic carbocycles. The van der Waals surface area contributed by atoms with E-state index in [-0.39, 0.29) is 31.0 Å². The van der Waals surface area contributed by atoms with Crippen molar-refractivity contribution in [2.24, 2.45) is 0 Å². The van der Waals surface area contributed by atoms with Gasteiger partial charge in [0.15, 0.2) is 9.84 Å². The molecule has 2 fully saturated rings. The fourth-order valence-corrected chi connectivity index (χ4v) is 5.49. The molecule has 2 aliphatic heterocycles. The number of benzene rings is 1. The van der Waals surface area contributed by atoms with Crippen molar-refractivity contribution in [3.05, 3.63) is 29.8 Å². The van der Waals surface area contributed by atoms with Gasteiger partial charge in [-0.15, -0.1) is 13.2 Å². The highest BCUT2D eigenvalue weighted by molar-refractivity contribution is 7.92. The monoisotopic (exact) mass is 436 g/mol. The molecule has 162 valence electrons. The quantitative estimate of drug-likeness (QED) is 0.697. The fraction of sp³-hybridized carbons (Fsp3) is 0.611. The minimum absolute atomic E-state index is 0.0815. The lowest BCUT2D eigenvalue weighted by Gasteiger charge is -2.52. The molecule has 0 saturated carbocycles. The minimum Gasteiger partial charge on any atom is -0.406 e. The molecule has 11 heteroatoms. The average Bonchev–Trinajstić information content (AvgIpc) is 2.59. The molecule has 0 radical (unpaired) electrons. The summed E-state index contributed by atoms with van der Waals surface area (Å²) >= 11 is 0. The predicted octanol–water partition coefficient (Wildman–Crippen LogP) is 1.55. The first-order valence-corrected chi connectivity index (χ1v) is 10.8. The van der Waals surface area contributed by atoms with Crippen LogP contribution < -0.4 is 4.74 Å². The number of rotatable bonds is 5. The highest BCUT2D eigenvalue weighted by Crippen LogP contribution is 2.34. The number of nitrogens with zero attached hydrogens (tertiary/aromatic N) is 2. The first-order chi connectivity index (χ1) is 13.4. The second-order valence-electron chi connectivity index (χ2n) is 7.51. The average molecular weight is 436 g/mol. The van der Waals surface area contributed by atoms with Crippen molar-refractivity contribution in [2.45, 2.75) is 24.1 Å². The normalized spacial score (nSPS) is 23.1. The Labute approximate surface area is 167 Å². The molecular weight excluding hydrogens is 413 g/mol. The number of hydrogen-bond donors (Lipinski definition) is 0. The van der Waals surface area contributed by atoms with Gasteiger partial charge in [-0.1, -0.05) is 6.92 Å². The number of alkyl halides is 3. The van der Waals surface area contributed by atoms with E-state index in [1.165, 1.54) is 17.0 Å². The van der Waals surface area contributed by atoms with Crippen LogP contribution in [0.1, 0.15) is 17.3 Å². The molecule has 1 atom stereocenters. The topological polar surface area (TPSA) is 76.2 Å². The van der Waals surface area contributed by atoms with E-state index in [0.29, 0.717) is 6.54 Å². The molecule has 2 saturated heterocycles. The van der Waals surface area contributed by atoms with Crippen LogP contribution in [-0.2, 0) is 14.6 Å². The molecule has 0 aromatic heterocycles. The fourth-order valence-electron chi connectivity index (χ4n) is 3.50. The standard InChI is InChI=1S/C18H23F3N2O5S/c1-3-22(2)8-15-9-27-17(12-29(15,25)26)10-23(11-17)16(24)13-4-6-14(7-5-13)28-18(19,20)21/h4-7,15H,3,8-12H2,1-2H3/t15-/m0/s1. The molecular formula is C18H23F3N2O5S. The second-order valence-corrected chi connectivity index (χ2v) is 9.79. The van der Waals surface area contributed by atoms with Crippen LogP contribution in [0.15, 0.2) is 24.3 Å². The number of carbonyl (C=O) groups is 1. The number of ether oxygens (including phenoxy) is 2. The SMILES string of the molecule is CCN(C)C[C@H]1COC2(CN(C(=O)c3ccc(OC(F)(F)F)cc3)C2)CS1(=O)=O. The van der Waals surface area contributed by atoms with E-state index in [1.807, 2.05) is 18.9 Å². The van der Waals surface area contributed by atoms with Gasteiger partial charge in [0, 0.05) is 12.1 Å². The Bertz CT molecular complexity index is 851. The number of carbonyl (C=O) groups excluding carboxylic acids is 1. The van der Waals surface area contributed by atoms with Crippen LogP contribution in [0.4, 0.5) is 13.2 Å². The maximum atomic E-state index is 12.6. The summed E-state index contributed by atoms with van der Waals surface area (Å²) in [6.07, 6.45) is -4.80. The van der Waals surface area contributed by atoms with Crippen molar-refractivity contribution < 1.29 is 35.9 Å². The lowest BCUT2D eigenvalue weighted by molar-refractivity contribution is -0.274. The lowest BCUT2D eigenvalue weighted by Crippen LogP contribution is -2.71. The summed E-state index contributed by atoms with van der Waals surface area (Å²) in [4.78, 5) is 15.8. The van der Waals surface area contributed by atoms with Crippen LogP contribution in [0.2, 0.25) is 0 Å². The predicted molar refractivity (Wildman–Crippen MR) is 98.5 cm³/mol. The van der Waals surface area contributed by atoms with Gasteiger partial charge in [-0.25, -0.2) is 8.42 Å². The van der Waals surface area contributed by atoms with Crippen molar-refractivity contribution in [1.82, 2.24) is 9.80 Å². The van der Waals surface area contributed by atoms with E-state index >= 15 is 0 Å². The summed E-state index contributed by atoms with van der Waals surface area (Å²) in [5, 5.41) is -0.594. The first kappa shape index (κ1) is 21.8. The van der Waals surface area contributed by atoms with Gasteiger partial charge in [-0.3, -0.25) is 4.79 Å². The zero-order chi connectivity index (χ0) is 21.4. The zero-order valence-electron chi connectivity index (χ0n) is 16.1. The van der Waals surface area contributed by atoms with Crippen LogP contribution >= 0.6 is 0 Å². The molecule has 1 amide bonds. The van der Waals surface area contributed by atoms with Crippen LogP contribution in [0.3, 0.4) is 0 Å². The van der Waals surface area contributed by atoms with Gasteiger partial charge in [0.2, 0.25) is 0 Å². The Morgan fingerprint density at radius 3 is 2.45 bits per heavy atom. The number of likely N-dealkylation sites (tertiary alicyclic amines) is 1. The largest absolute Gasteiger partial charge is 0.573 e. The number of hydrogen-bond acceptors (Lipinski definition) is 6. The molecule has 0 bridgehead atoms. The van der Waals surface area contributed by atoms with Crippen molar-refractivity contribution in [1.29, 1.82) is 0 Å². The maximum Gasteiger partial charge on any atom is 0.573 e. The van der Waals surface area contributed by atoms with Crippen LogP contribution in [0.5, 0.6) is 5.75 Å². The number of amides is 1. The molecule has 1 spiro atoms. The van der Waals surface area contributed by atoms with Gasteiger partial charge in [0.25, 0.3) is 5.91 Å². The van der Waals surface area contributed by atoms with Crippen LogP contribution in [-0.4, -0.2) is 86.9 Å². The third-order valence-corrected chi connectivity index (χ3v) is 7.41. The van der Waals surface area contributed by atoms with Gasteiger partial charge < -0.3 is 19.3 Å². The smallest absolute Gasteiger partial charge is 0.406 e. The van der Waals surface area contributed by atoms with E-state index in [9.17, 15) is 26.4 Å². The molecule has 0 unspecified atom stereocenters. The number of halogens is 3. The summed E-state index contributed by atoms with van der Waals surface area (Å²) in [7, 11) is -1.52. The Morgan fingerprint density at radius 1 is 1.31 bits per heavy atom. The van der Waals surface area contributed by atoms with Crippen LogP contribution in [0.25, 0.3) is 0 Å². The van der Waals surface area contributed by atoms with Crippen molar-refractivity contribution in [2.75, 3.05) is 45.6 Å². The third-order valence-electron chi connectivity index (χ3n) is 5.18. The van der Waals surface area contributed by atoms with Gasteiger partial charge >= 0.3 is 6.36 Å². The summed E-state index contributed by atoms with van der Waals surface area (Å²) in [6, 6.07) is 4.60. The van der Waals surface area contributed by atoms with E-state index in [0.717, 1.165) is 18.7 Å². The Morgan fingerprint density at radius 2 is 1.93 bits per heavy atom. The minimum atomic E-state index is -4.80.